The second-order valence-corrected chi connectivity index (χ2v) is 8.84. The highest BCUT2D eigenvalue weighted by molar-refractivity contribution is 5.79. The Hall–Kier alpha value is -4.20. The first kappa shape index (κ1) is 32.0. The van der Waals surface area contributed by atoms with Crippen LogP contribution in [-0.4, -0.2) is 85.7 Å². The van der Waals surface area contributed by atoms with E-state index in [1.54, 1.807) is 18.2 Å². The lowest BCUT2D eigenvalue weighted by molar-refractivity contribution is -0.289. The number of ether oxygens (including phenoxy) is 7. The van der Waals surface area contributed by atoms with E-state index in [0.717, 1.165) is 34.8 Å². The number of esters is 5. The van der Waals surface area contributed by atoms with Crippen LogP contribution in [0.15, 0.2) is 30.3 Å². The number of carbonyl (C=O) groups is 6. The maximum Gasteiger partial charge on any atom is 0.379 e. The van der Waals surface area contributed by atoms with Crippen LogP contribution in [0.1, 0.15) is 41.0 Å². The first-order valence-electron chi connectivity index (χ1n) is 12.2. The van der Waals surface area contributed by atoms with Crippen molar-refractivity contribution in [2.24, 2.45) is 0 Å². The van der Waals surface area contributed by atoms with E-state index in [-0.39, 0.29) is 5.75 Å². The lowest BCUT2D eigenvalue weighted by Gasteiger charge is -2.48. The molecule has 0 aliphatic carbocycles. The average molecular weight is 568 g/mol. The van der Waals surface area contributed by atoms with Gasteiger partial charge in [-0.3, -0.25) is 24.0 Å². The minimum Gasteiger partial charge on any atom is -0.464 e. The summed E-state index contributed by atoms with van der Waals surface area (Å²) in [5.74, 6) is -7.03. The summed E-state index contributed by atoms with van der Waals surface area (Å²) >= 11 is 0. The molecule has 14 nitrogen and oxygen atoms in total. The fourth-order valence-corrected chi connectivity index (χ4v) is 4.18. The van der Waals surface area contributed by atoms with Gasteiger partial charge in [0.25, 0.3) is 0 Å². The summed E-state index contributed by atoms with van der Waals surface area (Å²) in [7, 11) is 1.07. The molecule has 220 valence electrons. The molecule has 1 unspecified atom stereocenters. The molecule has 1 aliphatic heterocycles. The first-order chi connectivity index (χ1) is 18.8. The SMILES string of the molecule is COC(=O)C1(Oc2ccccc2)C[C@H](OC(C)=O)[C@@H](NC(C)=O)[C@H]([C@H](OC(C)=O)[C@@H](COC(C)=O)OC(C)=O)O1. The monoisotopic (exact) mass is 567 g/mol. The van der Waals surface area contributed by atoms with Gasteiger partial charge in [0.15, 0.2) is 12.2 Å². The summed E-state index contributed by atoms with van der Waals surface area (Å²) in [6.45, 7) is 4.92. The van der Waals surface area contributed by atoms with E-state index in [1.807, 2.05) is 0 Å². The third kappa shape index (κ3) is 8.93. The Labute approximate surface area is 230 Å². The lowest BCUT2D eigenvalue weighted by Crippen LogP contribution is -2.70. The lowest BCUT2D eigenvalue weighted by atomic mass is 9.88. The predicted molar refractivity (Wildman–Crippen MR) is 132 cm³/mol. The molecule has 1 heterocycles. The number of para-hydroxylation sites is 1. The molecule has 0 aromatic heterocycles. The number of carbonyl (C=O) groups excluding carboxylic acids is 6. The molecule has 1 fully saturated rings. The number of methoxy groups -OCH3 is 1. The summed E-state index contributed by atoms with van der Waals surface area (Å²) in [6, 6.07) is 6.72. The number of hydrogen-bond acceptors (Lipinski definition) is 13. The second-order valence-electron chi connectivity index (χ2n) is 8.84. The Bertz CT molecular complexity index is 1090. The van der Waals surface area contributed by atoms with Gasteiger partial charge in [0.1, 0.15) is 24.6 Å². The largest absolute Gasteiger partial charge is 0.464 e. The van der Waals surface area contributed by atoms with E-state index in [2.05, 4.69) is 5.32 Å². The highest BCUT2D eigenvalue weighted by atomic mass is 16.7. The summed E-state index contributed by atoms with van der Waals surface area (Å²) in [5, 5.41) is 2.58. The van der Waals surface area contributed by atoms with Gasteiger partial charge in [-0.05, 0) is 12.1 Å². The molecule has 6 atom stereocenters. The molecule has 2 rings (SSSR count). The van der Waals surface area contributed by atoms with Crippen molar-refractivity contribution < 1.29 is 61.9 Å². The molecule has 0 radical (unpaired) electrons. The van der Waals surface area contributed by atoms with Crippen molar-refractivity contribution in [3.63, 3.8) is 0 Å². The van der Waals surface area contributed by atoms with Crippen LogP contribution < -0.4 is 10.1 Å². The summed E-state index contributed by atoms with van der Waals surface area (Å²) in [4.78, 5) is 73.4. The van der Waals surface area contributed by atoms with Crippen molar-refractivity contribution >= 4 is 35.8 Å². The zero-order valence-electron chi connectivity index (χ0n) is 23.0. The van der Waals surface area contributed by atoms with Crippen molar-refractivity contribution in [3.8, 4) is 5.75 Å². The van der Waals surface area contributed by atoms with Gasteiger partial charge in [0, 0.05) is 34.6 Å². The Kier molecular flexibility index (Phi) is 11.4. The molecule has 1 N–H and O–H groups in total. The number of amides is 1. The predicted octanol–water partition coefficient (Wildman–Crippen LogP) is 0.587. The van der Waals surface area contributed by atoms with E-state index < -0.39 is 85.0 Å². The third-order valence-electron chi connectivity index (χ3n) is 5.52. The summed E-state index contributed by atoms with van der Waals surface area (Å²) < 4.78 is 38.4. The van der Waals surface area contributed by atoms with E-state index in [9.17, 15) is 28.8 Å². The van der Waals surface area contributed by atoms with Crippen LogP contribution in [0.4, 0.5) is 0 Å². The van der Waals surface area contributed by atoms with Crippen LogP contribution >= 0.6 is 0 Å². The Balaban J connectivity index is 2.76. The van der Waals surface area contributed by atoms with Crippen molar-refractivity contribution in [1.29, 1.82) is 0 Å². The minimum absolute atomic E-state index is 0.159. The fourth-order valence-electron chi connectivity index (χ4n) is 4.18. The maximum absolute atomic E-state index is 13.2. The summed E-state index contributed by atoms with van der Waals surface area (Å²) in [5.41, 5.74) is 0. The van der Waals surface area contributed by atoms with Crippen molar-refractivity contribution in [2.75, 3.05) is 13.7 Å². The van der Waals surface area contributed by atoms with Crippen molar-refractivity contribution in [3.05, 3.63) is 30.3 Å². The molecule has 0 spiro atoms. The molecule has 0 saturated carbocycles. The molecule has 1 aliphatic rings. The molecule has 40 heavy (non-hydrogen) atoms. The molecule has 0 bridgehead atoms. The van der Waals surface area contributed by atoms with Crippen LogP contribution in [0.5, 0.6) is 5.75 Å². The zero-order chi connectivity index (χ0) is 30.0. The van der Waals surface area contributed by atoms with Gasteiger partial charge >= 0.3 is 35.6 Å². The molecule has 1 amide bonds. The first-order valence-corrected chi connectivity index (χ1v) is 12.2. The Morgan fingerprint density at radius 3 is 2.05 bits per heavy atom. The van der Waals surface area contributed by atoms with Gasteiger partial charge < -0.3 is 38.5 Å². The number of hydrogen-bond donors (Lipinski definition) is 1. The van der Waals surface area contributed by atoms with Gasteiger partial charge in [-0.2, -0.15) is 0 Å². The zero-order valence-corrected chi connectivity index (χ0v) is 23.0. The highest BCUT2D eigenvalue weighted by Crippen LogP contribution is 2.37. The third-order valence-corrected chi connectivity index (χ3v) is 5.52. The van der Waals surface area contributed by atoms with Crippen molar-refractivity contribution in [1.82, 2.24) is 5.32 Å². The average Bonchev–Trinajstić information content (AvgIpc) is 2.85. The van der Waals surface area contributed by atoms with Gasteiger partial charge in [-0.25, -0.2) is 4.79 Å². The molecular formula is C26H33NO13. The van der Waals surface area contributed by atoms with E-state index in [1.165, 1.54) is 19.1 Å². The van der Waals surface area contributed by atoms with E-state index in [0.29, 0.717) is 0 Å². The highest BCUT2D eigenvalue weighted by Gasteiger charge is 2.60. The van der Waals surface area contributed by atoms with Crippen LogP contribution in [0.25, 0.3) is 0 Å². The van der Waals surface area contributed by atoms with Crippen LogP contribution in [0.3, 0.4) is 0 Å². The smallest absolute Gasteiger partial charge is 0.379 e. The number of benzene rings is 1. The van der Waals surface area contributed by atoms with Gasteiger partial charge in [0.05, 0.1) is 19.6 Å². The quantitative estimate of drug-likeness (QED) is 0.290. The number of rotatable bonds is 11. The normalized spacial score (nSPS) is 23.4. The number of nitrogens with one attached hydrogen (secondary N) is 1. The molecular weight excluding hydrogens is 534 g/mol. The topological polar surface area (TPSA) is 179 Å². The minimum atomic E-state index is -2.31. The molecule has 1 aromatic carbocycles. The van der Waals surface area contributed by atoms with Crippen LogP contribution in [0.2, 0.25) is 0 Å². The standard InChI is InChI=1S/C26H33NO13/c1-14(28)27-22-20(36-16(3)30)12-26(25(33)34-6,39-19-10-8-7-9-11-19)40-24(22)23(38-18(5)32)21(37-17(4)31)13-35-15(2)29/h7-11,20-24H,12-13H2,1-6H3,(H,27,28)/t20-,21+,22+,23+,24+,26?/m0/s1. The molecule has 14 heteroatoms. The van der Waals surface area contributed by atoms with Gasteiger partial charge in [0.2, 0.25) is 5.91 Å². The fraction of sp³-hybridized carbons (Fsp3) is 0.538. The van der Waals surface area contributed by atoms with E-state index >= 15 is 0 Å². The van der Waals surface area contributed by atoms with Gasteiger partial charge in [-0.15, -0.1) is 0 Å². The van der Waals surface area contributed by atoms with Gasteiger partial charge in [-0.1, -0.05) is 18.2 Å². The Morgan fingerprint density at radius 2 is 1.55 bits per heavy atom. The second kappa shape index (κ2) is 14.3. The summed E-state index contributed by atoms with van der Waals surface area (Å²) in [6.07, 6.45) is -6.49. The maximum atomic E-state index is 13.2. The van der Waals surface area contributed by atoms with Crippen molar-refractivity contribution in [2.45, 2.75) is 77.3 Å². The van der Waals surface area contributed by atoms with Crippen LogP contribution in [0, 0.1) is 0 Å². The molecule has 1 aromatic rings. The van der Waals surface area contributed by atoms with Crippen LogP contribution in [-0.2, 0) is 57.2 Å². The molecule has 1 saturated heterocycles. The Morgan fingerprint density at radius 1 is 0.925 bits per heavy atom. The van der Waals surface area contributed by atoms with E-state index in [4.69, 9.17) is 33.2 Å².